The van der Waals surface area contributed by atoms with E-state index in [1.54, 1.807) is 0 Å². The maximum Gasteiger partial charge on any atom is -0.0386 e. The first-order chi connectivity index (χ1) is 6.67. The quantitative estimate of drug-likeness (QED) is 0.498. The smallest absolute Gasteiger partial charge is 0.0386 e. The standard InChI is InChI=1S/C14H30/c1-6-9-11-14(10-7-2)13(5)12(4)8-3/h12-14H,6-11H2,1-5H3. The maximum absolute atomic E-state index is 2.46. The molecule has 0 fully saturated rings. The molecule has 0 aliphatic rings. The van der Waals surface area contributed by atoms with Gasteiger partial charge in [0.15, 0.2) is 0 Å². The predicted octanol–water partition coefficient (Wildman–Crippen LogP) is 5.28. The highest BCUT2D eigenvalue weighted by atomic mass is 14.3. The Hall–Kier alpha value is 0. The highest BCUT2D eigenvalue weighted by Crippen LogP contribution is 2.30. The molecule has 3 unspecified atom stereocenters. The van der Waals surface area contributed by atoms with Crippen molar-refractivity contribution in [3.8, 4) is 0 Å². The van der Waals surface area contributed by atoms with Gasteiger partial charge in [0.25, 0.3) is 0 Å². The zero-order valence-electron chi connectivity index (χ0n) is 11.0. The van der Waals surface area contributed by atoms with E-state index >= 15 is 0 Å². The fraction of sp³-hybridized carbons (Fsp3) is 1.00. The van der Waals surface area contributed by atoms with Crippen molar-refractivity contribution in [2.24, 2.45) is 17.8 Å². The summed E-state index contributed by atoms with van der Waals surface area (Å²) in [6.07, 6.45) is 8.36. The number of rotatable bonds is 8. The number of hydrogen-bond acceptors (Lipinski definition) is 0. The fourth-order valence-electron chi connectivity index (χ4n) is 2.34. The lowest BCUT2D eigenvalue weighted by atomic mass is 9.78. The molecule has 0 aromatic heterocycles. The molecule has 0 bridgehead atoms. The van der Waals surface area contributed by atoms with Crippen LogP contribution in [-0.2, 0) is 0 Å². The molecule has 0 N–H and O–H groups in total. The Balaban J connectivity index is 4.02. The minimum atomic E-state index is 0.906. The van der Waals surface area contributed by atoms with Crippen molar-refractivity contribution in [2.75, 3.05) is 0 Å². The topological polar surface area (TPSA) is 0 Å². The van der Waals surface area contributed by atoms with E-state index in [0.29, 0.717) is 0 Å². The van der Waals surface area contributed by atoms with Crippen molar-refractivity contribution in [1.82, 2.24) is 0 Å². The highest BCUT2D eigenvalue weighted by molar-refractivity contribution is 4.70. The van der Waals surface area contributed by atoms with Crippen LogP contribution in [0.2, 0.25) is 0 Å². The second-order valence-electron chi connectivity index (χ2n) is 4.94. The molecule has 0 heterocycles. The van der Waals surface area contributed by atoms with Crippen LogP contribution in [0.15, 0.2) is 0 Å². The first-order valence-electron chi connectivity index (χ1n) is 6.67. The Labute approximate surface area is 91.5 Å². The van der Waals surface area contributed by atoms with E-state index in [-0.39, 0.29) is 0 Å². The SMILES string of the molecule is CCCCC(CCC)C(C)C(C)CC. The van der Waals surface area contributed by atoms with Gasteiger partial charge in [0.2, 0.25) is 0 Å². The van der Waals surface area contributed by atoms with Crippen LogP contribution in [0.3, 0.4) is 0 Å². The van der Waals surface area contributed by atoms with Crippen molar-refractivity contribution >= 4 is 0 Å². The molecule has 0 saturated heterocycles. The average Bonchev–Trinajstić information content (AvgIpc) is 2.22. The molecule has 0 radical (unpaired) electrons. The third-order valence-corrected chi connectivity index (χ3v) is 3.87. The molecule has 14 heavy (non-hydrogen) atoms. The lowest BCUT2D eigenvalue weighted by Gasteiger charge is -2.28. The van der Waals surface area contributed by atoms with Crippen LogP contribution in [0.1, 0.15) is 73.1 Å². The third kappa shape index (κ3) is 5.02. The van der Waals surface area contributed by atoms with E-state index in [0.717, 1.165) is 17.8 Å². The van der Waals surface area contributed by atoms with Crippen LogP contribution in [0.4, 0.5) is 0 Å². The zero-order valence-corrected chi connectivity index (χ0v) is 11.0. The predicted molar refractivity (Wildman–Crippen MR) is 66.5 cm³/mol. The summed E-state index contributed by atoms with van der Waals surface area (Å²) in [4.78, 5) is 0. The van der Waals surface area contributed by atoms with Crippen molar-refractivity contribution in [2.45, 2.75) is 73.1 Å². The second kappa shape index (κ2) is 8.32. The third-order valence-electron chi connectivity index (χ3n) is 3.87. The first kappa shape index (κ1) is 14.0. The van der Waals surface area contributed by atoms with Gasteiger partial charge in [0.1, 0.15) is 0 Å². The Morgan fingerprint density at radius 2 is 1.50 bits per heavy atom. The van der Waals surface area contributed by atoms with Crippen LogP contribution in [0.25, 0.3) is 0 Å². The second-order valence-corrected chi connectivity index (χ2v) is 4.94. The molecule has 86 valence electrons. The first-order valence-corrected chi connectivity index (χ1v) is 6.67. The van der Waals surface area contributed by atoms with Gasteiger partial charge in [-0.3, -0.25) is 0 Å². The Kier molecular flexibility index (Phi) is 8.32. The van der Waals surface area contributed by atoms with Crippen LogP contribution in [0.5, 0.6) is 0 Å². The Bertz CT molecular complexity index is 117. The summed E-state index contributed by atoms with van der Waals surface area (Å²) in [5.41, 5.74) is 0. The molecular formula is C14H30. The highest BCUT2D eigenvalue weighted by Gasteiger charge is 2.20. The van der Waals surface area contributed by atoms with Crippen molar-refractivity contribution < 1.29 is 0 Å². The molecule has 0 spiro atoms. The van der Waals surface area contributed by atoms with E-state index in [9.17, 15) is 0 Å². The normalized spacial score (nSPS) is 17.8. The van der Waals surface area contributed by atoms with Gasteiger partial charge < -0.3 is 0 Å². The molecule has 0 aromatic rings. The zero-order chi connectivity index (χ0) is 11.0. The van der Waals surface area contributed by atoms with E-state index in [2.05, 4.69) is 34.6 Å². The van der Waals surface area contributed by atoms with Crippen molar-refractivity contribution in [3.05, 3.63) is 0 Å². The Morgan fingerprint density at radius 1 is 0.857 bits per heavy atom. The molecule has 3 atom stereocenters. The average molecular weight is 198 g/mol. The number of hydrogen-bond donors (Lipinski definition) is 0. The van der Waals surface area contributed by atoms with Gasteiger partial charge in [-0.15, -0.1) is 0 Å². The van der Waals surface area contributed by atoms with E-state index in [1.165, 1.54) is 38.5 Å². The molecule has 0 aliphatic carbocycles. The van der Waals surface area contributed by atoms with Crippen LogP contribution in [-0.4, -0.2) is 0 Å². The van der Waals surface area contributed by atoms with Gasteiger partial charge in [-0.25, -0.2) is 0 Å². The molecule has 0 aliphatic heterocycles. The number of unbranched alkanes of at least 4 members (excludes halogenated alkanes) is 1. The summed E-state index contributed by atoms with van der Waals surface area (Å²) < 4.78 is 0. The Morgan fingerprint density at radius 3 is 1.93 bits per heavy atom. The maximum atomic E-state index is 2.46. The van der Waals surface area contributed by atoms with Gasteiger partial charge in [0, 0.05) is 0 Å². The van der Waals surface area contributed by atoms with Gasteiger partial charge in [-0.05, 0) is 17.8 Å². The lowest BCUT2D eigenvalue weighted by molar-refractivity contribution is 0.225. The minimum absolute atomic E-state index is 0.906. The molecule has 0 saturated carbocycles. The fourth-order valence-corrected chi connectivity index (χ4v) is 2.34. The molecule has 0 heteroatoms. The summed E-state index contributed by atoms with van der Waals surface area (Å²) in [6, 6.07) is 0. The summed E-state index contributed by atoms with van der Waals surface area (Å²) >= 11 is 0. The molecule has 0 rings (SSSR count). The van der Waals surface area contributed by atoms with Crippen molar-refractivity contribution in [3.63, 3.8) is 0 Å². The van der Waals surface area contributed by atoms with Crippen LogP contribution in [0, 0.1) is 17.8 Å². The summed E-state index contributed by atoms with van der Waals surface area (Å²) in [5.74, 6) is 2.81. The summed E-state index contributed by atoms with van der Waals surface area (Å²) in [5, 5.41) is 0. The van der Waals surface area contributed by atoms with Gasteiger partial charge in [0.05, 0.1) is 0 Å². The van der Waals surface area contributed by atoms with Gasteiger partial charge in [-0.2, -0.15) is 0 Å². The monoisotopic (exact) mass is 198 g/mol. The van der Waals surface area contributed by atoms with Gasteiger partial charge in [-0.1, -0.05) is 73.1 Å². The van der Waals surface area contributed by atoms with E-state index < -0.39 is 0 Å². The molecule has 0 amide bonds. The summed E-state index contributed by atoms with van der Waals surface area (Å²) in [6.45, 7) is 11.8. The van der Waals surface area contributed by atoms with Crippen molar-refractivity contribution in [1.29, 1.82) is 0 Å². The van der Waals surface area contributed by atoms with E-state index in [1.807, 2.05) is 0 Å². The largest absolute Gasteiger partial charge is 0.0654 e. The lowest BCUT2D eigenvalue weighted by Crippen LogP contribution is -2.18. The summed E-state index contributed by atoms with van der Waals surface area (Å²) in [7, 11) is 0. The molecule has 0 aromatic carbocycles. The van der Waals surface area contributed by atoms with E-state index in [4.69, 9.17) is 0 Å². The van der Waals surface area contributed by atoms with Crippen LogP contribution < -0.4 is 0 Å². The molecular weight excluding hydrogens is 168 g/mol. The van der Waals surface area contributed by atoms with Gasteiger partial charge >= 0.3 is 0 Å². The van der Waals surface area contributed by atoms with Crippen LogP contribution >= 0.6 is 0 Å². The minimum Gasteiger partial charge on any atom is -0.0654 e. The molecule has 0 nitrogen and oxygen atoms in total.